The first-order valence-electron chi connectivity index (χ1n) is 9.14. The fraction of sp³-hybridized carbons (Fsp3) is 0.944. The van der Waals surface area contributed by atoms with E-state index in [4.69, 9.17) is 4.74 Å². The summed E-state index contributed by atoms with van der Waals surface area (Å²) in [6.45, 7) is 7.46. The van der Waals surface area contributed by atoms with E-state index in [1.54, 1.807) is 0 Å². The molecule has 4 nitrogen and oxygen atoms in total. The molecule has 2 rings (SSSR count). The van der Waals surface area contributed by atoms with Gasteiger partial charge in [0.2, 0.25) is 5.91 Å². The second kappa shape index (κ2) is 8.30. The van der Waals surface area contributed by atoms with Gasteiger partial charge in [0.15, 0.2) is 0 Å². The standard InChI is InChI=1S/C18H34N2O2/c1-16(2)22-14-17(21)19(3)15-18(10-6-4-7-11-18)20-12-8-5-9-13-20/h16H,4-15H2,1-3H3. The van der Waals surface area contributed by atoms with E-state index in [2.05, 4.69) is 4.90 Å². The Labute approximate surface area is 136 Å². The van der Waals surface area contributed by atoms with E-state index in [0.29, 0.717) is 0 Å². The number of hydrogen-bond acceptors (Lipinski definition) is 3. The Balaban J connectivity index is 1.97. The Morgan fingerprint density at radius 3 is 2.27 bits per heavy atom. The van der Waals surface area contributed by atoms with Gasteiger partial charge < -0.3 is 9.64 Å². The molecule has 2 fully saturated rings. The van der Waals surface area contributed by atoms with Crippen molar-refractivity contribution in [1.82, 2.24) is 9.80 Å². The summed E-state index contributed by atoms with van der Waals surface area (Å²) in [7, 11) is 1.95. The minimum Gasteiger partial charge on any atom is -0.369 e. The van der Waals surface area contributed by atoms with Gasteiger partial charge in [0.1, 0.15) is 6.61 Å². The van der Waals surface area contributed by atoms with Crippen molar-refractivity contribution < 1.29 is 9.53 Å². The molecule has 0 aromatic rings. The van der Waals surface area contributed by atoms with Gasteiger partial charge in [-0.2, -0.15) is 0 Å². The van der Waals surface area contributed by atoms with E-state index in [1.165, 1.54) is 64.5 Å². The maximum atomic E-state index is 12.3. The zero-order valence-electron chi connectivity index (χ0n) is 14.8. The molecular formula is C18H34N2O2. The number of ether oxygens (including phenoxy) is 1. The first-order valence-corrected chi connectivity index (χ1v) is 9.14. The summed E-state index contributed by atoms with van der Waals surface area (Å²) in [6, 6.07) is 0. The molecule has 0 aromatic carbocycles. The molecule has 2 aliphatic rings. The first kappa shape index (κ1) is 17.7. The Morgan fingerprint density at radius 2 is 1.68 bits per heavy atom. The van der Waals surface area contributed by atoms with E-state index in [0.717, 1.165) is 6.54 Å². The molecule has 0 N–H and O–H groups in total. The Kier molecular flexibility index (Phi) is 6.69. The van der Waals surface area contributed by atoms with Gasteiger partial charge in [-0.3, -0.25) is 9.69 Å². The molecule has 4 heteroatoms. The Bertz CT molecular complexity index is 345. The maximum absolute atomic E-state index is 12.3. The Hall–Kier alpha value is -0.610. The quantitative estimate of drug-likeness (QED) is 0.756. The summed E-state index contributed by atoms with van der Waals surface area (Å²) in [5, 5.41) is 0. The molecule has 1 saturated carbocycles. The van der Waals surface area contributed by atoms with Gasteiger partial charge in [0, 0.05) is 19.1 Å². The number of amides is 1. The van der Waals surface area contributed by atoms with Crippen molar-refractivity contribution in [3.8, 4) is 0 Å². The van der Waals surface area contributed by atoms with Crippen LogP contribution in [-0.4, -0.2) is 60.6 Å². The van der Waals surface area contributed by atoms with Crippen molar-refractivity contribution in [2.45, 2.75) is 76.9 Å². The number of nitrogens with zero attached hydrogens (tertiary/aromatic N) is 2. The van der Waals surface area contributed by atoms with Crippen LogP contribution in [0, 0.1) is 0 Å². The van der Waals surface area contributed by atoms with Crippen molar-refractivity contribution in [3.63, 3.8) is 0 Å². The summed E-state index contributed by atoms with van der Waals surface area (Å²) in [6.07, 6.45) is 10.6. The maximum Gasteiger partial charge on any atom is 0.248 e. The zero-order valence-corrected chi connectivity index (χ0v) is 14.8. The van der Waals surface area contributed by atoms with E-state index >= 15 is 0 Å². The van der Waals surface area contributed by atoms with Crippen molar-refractivity contribution in [3.05, 3.63) is 0 Å². The van der Waals surface area contributed by atoms with Crippen LogP contribution in [0.1, 0.15) is 65.2 Å². The highest BCUT2D eigenvalue weighted by molar-refractivity contribution is 5.77. The van der Waals surface area contributed by atoms with Gasteiger partial charge >= 0.3 is 0 Å². The van der Waals surface area contributed by atoms with E-state index < -0.39 is 0 Å². The van der Waals surface area contributed by atoms with E-state index in [-0.39, 0.29) is 24.2 Å². The number of piperidine rings is 1. The number of likely N-dealkylation sites (N-methyl/N-ethyl adjacent to an activating group) is 1. The van der Waals surface area contributed by atoms with Crippen LogP contribution in [0.15, 0.2) is 0 Å². The van der Waals surface area contributed by atoms with Crippen molar-refractivity contribution >= 4 is 5.91 Å². The van der Waals surface area contributed by atoms with Gasteiger partial charge in [-0.1, -0.05) is 25.7 Å². The van der Waals surface area contributed by atoms with Crippen molar-refractivity contribution in [2.75, 3.05) is 33.3 Å². The normalized spacial score (nSPS) is 22.7. The minimum absolute atomic E-state index is 0.114. The predicted octanol–water partition coefficient (Wildman–Crippen LogP) is 3.06. The van der Waals surface area contributed by atoms with Gasteiger partial charge in [-0.15, -0.1) is 0 Å². The Morgan fingerprint density at radius 1 is 1.09 bits per heavy atom. The average Bonchev–Trinajstić information content (AvgIpc) is 2.54. The fourth-order valence-electron chi connectivity index (χ4n) is 4.03. The van der Waals surface area contributed by atoms with Crippen LogP contribution in [0.25, 0.3) is 0 Å². The summed E-state index contributed by atoms with van der Waals surface area (Å²) in [5.74, 6) is 0.121. The second-order valence-corrected chi connectivity index (χ2v) is 7.44. The third-order valence-corrected chi connectivity index (χ3v) is 5.31. The molecule has 1 aliphatic carbocycles. The van der Waals surface area contributed by atoms with Gasteiger partial charge in [0.05, 0.1) is 6.10 Å². The third kappa shape index (κ3) is 4.69. The summed E-state index contributed by atoms with van der Waals surface area (Å²) in [4.78, 5) is 16.9. The molecule has 1 amide bonds. The molecule has 1 heterocycles. The molecule has 1 aliphatic heterocycles. The molecule has 22 heavy (non-hydrogen) atoms. The van der Waals surface area contributed by atoms with Crippen LogP contribution in [0.4, 0.5) is 0 Å². The van der Waals surface area contributed by atoms with E-state index in [9.17, 15) is 4.79 Å². The van der Waals surface area contributed by atoms with E-state index in [1.807, 2.05) is 25.8 Å². The highest BCUT2D eigenvalue weighted by atomic mass is 16.5. The van der Waals surface area contributed by atoms with Crippen LogP contribution in [0.2, 0.25) is 0 Å². The largest absolute Gasteiger partial charge is 0.369 e. The molecule has 0 unspecified atom stereocenters. The fourth-order valence-corrected chi connectivity index (χ4v) is 4.03. The predicted molar refractivity (Wildman–Crippen MR) is 90.0 cm³/mol. The number of rotatable bonds is 6. The lowest BCUT2D eigenvalue weighted by Gasteiger charge is -2.49. The monoisotopic (exact) mass is 310 g/mol. The molecule has 0 atom stereocenters. The lowest BCUT2D eigenvalue weighted by molar-refractivity contribution is -0.138. The molecule has 0 aromatic heterocycles. The van der Waals surface area contributed by atoms with Gasteiger partial charge in [-0.05, 0) is 52.6 Å². The number of carbonyl (C=O) groups excluding carboxylic acids is 1. The summed E-state index contributed by atoms with van der Waals surface area (Å²) < 4.78 is 5.49. The van der Waals surface area contributed by atoms with Crippen LogP contribution in [0.3, 0.4) is 0 Å². The number of carbonyl (C=O) groups is 1. The van der Waals surface area contributed by atoms with Crippen LogP contribution < -0.4 is 0 Å². The topological polar surface area (TPSA) is 32.8 Å². The highest BCUT2D eigenvalue weighted by Crippen LogP contribution is 2.36. The van der Waals surface area contributed by atoms with Gasteiger partial charge in [0.25, 0.3) is 0 Å². The molecular weight excluding hydrogens is 276 g/mol. The van der Waals surface area contributed by atoms with Crippen LogP contribution in [-0.2, 0) is 9.53 Å². The molecule has 0 radical (unpaired) electrons. The summed E-state index contributed by atoms with van der Waals surface area (Å²) >= 11 is 0. The second-order valence-electron chi connectivity index (χ2n) is 7.44. The van der Waals surface area contributed by atoms with Gasteiger partial charge in [-0.25, -0.2) is 0 Å². The smallest absolute Gasteiger partial charge is 0.248 e. The SMILES string of the molecule is CC(C)OCC(=O)N(C)CC1(N2CCCCC2)CCCCC1. The zero-order chi connectivity index (χ0) is 16.0. The number of hydrogen-bond donors (Lipinski definition) is 0. The molecule has 1 saturated heterocycles. The highest BCUT2D eigenvalue weighted by Gasteiger charge is 2.39. The first-order chi connectivity index (χ1) is 10.5. The lowest BCUT2D eigenvalue weighted by Crippen LogP contribution is -2.58. The lowest BCUT2D eigenvalue weighted by atomic mass is 9.78. The summed E-state index contributed by atoms with van der Waals surface area (Å²) in [5.41, 5.74) is 0.223. The molecule has 128 valence electrons. The number of likely N-dealkylation sites (tertiary alicyclic amines) is 1. The minimum atomic E-state index is 0.114. The van der Waals surface area contributed by atoms with Crippen LogP contribution >= 0.6 is 0 Å². The molecule has 0 spiro atoms. The molecule has 0 bridgehead atoms. The average molecular weight is 310 g/mol. The van der Waals surface area contributed by atoms with Crippen molar-refractivity contribution in [1.29, 1.82) is 0 Å². The van der Waals surface area contributed by atoms with Crippen LogP contribution in [0.5, 0.6) is 0 Å². The van der Waals surface area contributed by atoms with Crippen molar-refractivity contribution in [2.24, 2.45) is 0 Å². The third-order valence-electron chi connectivity index (χ3n) is 5.31.